The fraction of sp³-hybridized carbons (Fsp3) is 0.412. The number of hydrogen-bond acceptors (Lipinski definition) is 8. The molecule has 1 aromatic heterocycles. The standard InChI is InChI=1S/C17H20N2O8S/c1-7(10-6-8-4-2-3-5-9(8)28-10)19(17(18)25)27-16-13(22)11(20)12(21)14(26-16)15(23)24/h2-7,11-14,16,20-22H,1H3,(H2,18,25)(H,23,24)/t7-,11+,12+,13-,14+,16+/m1/s1. The maximum atomic E-state index is 11.9. The Morgan fingerprint density at radius 3 is 2.50 bits per heavy atom. The molecule has 152 valence electrons. The van der Waals surface area contributed by atoms with Crippen molar-refractivity contribution in [2.24, 2.45) is 5.73 Å². The Bertz CT molecular complexity index is 841. The van der Waals surface area contributed by atoms with Gasteiger partial charge in [-0.25, -0.2) is 14.4 Å². The van der Waals surface area contributed by atoms with Gasteiger partial charge in [0.15, 0.2) is 6.10 Å². The lowest BCUT2D eigenvalue weighted by molar-refractivity contribution is -0.348. The quantitative estimate of drug-likeness (QED) is 0.434. The van der Waals surface area contributed by atoms with Crippen molar-refractivity contribution in [3.8, 4) is 0 Å². The second-order valence-corrected chi connectivity index (χ2v) is 7.48. The van der Waals surface area contributed by atoms with E-state index in [1.165, 1.54) is 11.3 Å². The topological polar surface area (TPSA) is 163 Å². The molecule has 1 aliphatic rings. The number of carboxylic acid groups (broad SMARTS) is 1. The van der Waals surface area contributed by atoms with Crippen LogP contribution < -0.4 is 5.73 Å². The Morgan fingerprint density at radius 2 is 1.89 bits per heavy atom. The minimum Gasteiger partial charge on any atom is -0.479 e. The number of thiophene rings is 1. The maximum absolute atomic E-state index is 11.9. The molecule has 1 saturated heterocycles. The summed E-state index contributed by atoms with van der Waals surface area (Å²) in [5.74, 6) is -1.56. The van der Waals surface area contributed by atoms with E-state index in [0.29, 0.717) is 0 Å². The lowest BCUT2D eigenvalue weighted by Gasteiger charge is -2.40. The largest absolute Gasteiger partial charge is 0.479 e. The van der Waals surface area contributed by atoms with Crippen LogP contribution in [0.3, 0.4) is 0 Å². The number of hydrogen-bond donors (Lipinski definition) is 5. The van der Waals surface area contributed by atoms with Gasteiger partial charge in [0.05, 0.1) is 6.04 Å². The predicted molar refractivity (Wildman–Crippen MR) is 97.1 cm³/mol. The summed E-state index contributed by atoms with van der Waals surface area (Å²) in [6, 6.07) is 7.71. The van der Waals surface area contributed by atoms with E-state index in [9.17, 15) is 24.9 Å². The highest BCUT2D eigenvalue weighted by molar-refractivity contribution is 7.19. The number of nitrogens with two attached hydrogens (primary N) is 1. The molecule has 2 aromatic rings. The molecule has 6 N–H and O–H groups in total. The van der Waals surface area contributed by atoms with Crippen LogP contribution in [0.25, 0.3) is 10.1 Å². The average molecular weight is 412 g/mol. The summed E-state index contributed by atoms with van der Waals surface area (Å²) in [5, 5.41) is 40.5. The summed E-state index contributed by atoms with van der Waals surface area (Å²) in [4.78, 5) is 29.2. The molecule has 1 aromatic carbocycles. The fourth-order valence-electron chi connectivity index (χ4n) is 2.91. The van der Waals surface area contributed by atoms with E-state index in [-0.39, 0.29) is 0 Å². The van der Waals surface area contributed by atoms with Crippen LogP contribution in [0, 0.1) is 0 Å². The van der Waals surface area contributed by atoms with E-state index >= 15 is 0 Å². The third kappa shape index (κ3) is 3.81. The van der Waals surface area contributed by atoms with Crippen LogP contribution >= 0.6 is 11.3 Å². The number of carbonyl (C=O) groups excluding carboxylic acids is 1. The number of aliphatic carboxylic acids is 1. The number of carbonyl (C=O) groups is 2. The van der Waals surface area contributed by atoms with Gasteiger partial charge in [0, 0.05) is 9.58 Å². The minimum atomic E-state index is -1.87. The van der Waals surface area contributed by atoms with Crippen molar-refractivity contribution < 1.29 is 39.6 Å². The van der Waals surface area contributed by atoms with Crippen LogP contribution in [-0.4, -0.2) is 68.2 Å². The number of aliphatic hydroxyl groups excluding tert-OH is 3. The van der Waals surface area contributed by atoms with Crippen LogP contribution in [-0.2, 0) is 14.4 Å². The van der Waals surface area contributed by atoms with Gasteiger partial charge in [-0.1, -0.05) is 18.2 Å². The molecule has 0 unspecified atom stereocenters. The van der Waals surface area contributed by atoms with E-state index in [1.807, 2.05) is 30.3 Å². The van der Waals surface area contributed by atoms with E-state index < -0.39 is 48.7 Å². The van der Waals surface area contributed by atoms with Crippen molar-refractivity contribution in [2.75, 3.05) is 0 Å². The molecule has 28 heavy (non-hydrogen) atoms. The lowest BCUT2D eigenvalue weighted by Crippen LogP contribution is -2.61. The molecule has 0 aliphatic carbocycles. The number of nitrogens with zero attached hydrogens (tertiary/aromatic N) is 1. The third-order valence-corrected chi connectivity index (χ3v) is 5.74. The molecule has 1 aliphatic heterocycles. The Morgan fingerprint density at radius 1 is 1.21 bits per heavy atom. The van der Waals surface area contributed by atoms with E-state index in [1.54, 1.807) is 6.92 Å². The van der Waals surface area contributed by atoms with Gasteiger partial charge in [-0.2, -0.15) is 5.06 Å². The summed E-state index contributed by atoms with van der Waals surface area (Å²) >= 11 is 1.40. The molecule has 0 saturated carbocycles. The molecule has 3 rings (SSSR count). The van der Waals surface area contributed by atoms with Crippen molar-refractivity contribution in [2.45, 2.75) is 43.7 Å². The van der Waals surface area contributed by atoms with Crippen molar-refractivity contribution in [3.05, 3.63) is 35.2 Å². The number of benzene rings is 1. The molecule has 1 fully saturated rings. The molecule has 0 bridgehead atoms. The number of aliphatic hydroxyl groups is 3. The number of fused-ring (bicyclic) bond motifs is 1. The number of carboxylic acids is 1. The third-order valence-electron chi connectivity index (χ3n) is 4.46. The first-order valence-corrected chi connectivity index (χ1v) is 9.18. The van der Waals surface area contributed by atoms with Crippen molar-refractivity contribution in [1.82, 2.24) is 5.06 Å². The highest BCUT2D eigenvalue weighted by Gasteiger charge is 2.49. The van der Waals surface area contributed by atoms with Crippen LogP contribution in [0.15, 0.2) is 30.3 Å². The number of ether oxygens (including phenoxy) is 1. The zero-order valence-corrected chi connectivity index (χ0v) is 15.5. The number of amides is 2. The van der Waals surface area contributed by atoms with E-state index in [2.05, 4.69) is 0 Å². The number of urea groups is 1. The molecule has 0 radical (unpaired) electrons. The van der Waals surface area contributed by atoms with E-state index in [4.69, 9.17) is 20.4 Å². The second kappa shape index (κ2) is 7.99. The first kappa shape index (κ1) is 20.5. The van der Waals surface area contributed by atoms with Crippen molar-refractivity contribution in [1.29, 1.82) is 0 Å². The molecule has 10 nitrogen and oxygen atoms in total. The number of rotatable bonds is 5. The smallest absolute Gasteiger partial charge is 0.339 e. The summed E-state index contributed by atoms with van der Waals surface area (Å²) in [6.07, 6.45) is -9.10. The molecular weight excluding hydrogens is 392 g/mol. The Labute approximate surface area is 163 Å². The zero-order valence-electron chi connectivity index (χ0n) is 14.7. The molecule has 6 atom stereocenters. The summed E-state index contributed by atoms with van der Waals surface area (Å²) in [5.41, 5.74) is 5.39. The first-order chi connectivity index (χ1) is 13.2. The first-order valence-electron chi connectivity index (χ1n) is 8.37. The van der Waals surface area contributed by atoms with Gasteiger partial charge in [0.25, 0.3) is 0 Å². The molecule has 11 heteroatoms. The minimum absolute atomic E-state index is 0.696. The van der Waals surface area contributed by atoms with Crippen LogP contribution in [0.1, 0.15) is 17.8 Å². The summed E-state index contributed by atoms with van der Waals surface area (Å²) < 4.78 is 6.02. The Balaban J connectivity index is 1.83. The summed E-state index contributed by atoms with van der Waals surface area (Å²) in [6.45, 7) is 1.63. The van der Waals surface area contributed by atoms with Crippen molar-refractivity contribution in [3.63, 3.8) is 0 Å². The Hall–Kier alpha value is -2.28. The van der Waals surface area contributed by atoms with Crippen LogP contribution in [0.2, 0.25) is 0 Å². The van der Waals surface area contributed by atoms with Gasteiger partial charge < -0.3 is 30.9 Å². The molecule has 2 amide bonds. The molecular formula is C17H20N2O8S. The Kier molecular flexibility index (Phi) is 5.84. The normalized spacial score (nSPS) is 28.8. The van der Waals surface area contributed by atoms with Gasteiger partial charge in [-0.05, 0) is 24.4 Å². The maximum Gasteiger partial charge on any atom is 0.339 e. The van der Waals surface area contributed by atoms with Gasteiger partial charge >= 0.3 is 12.0 Å². The van der Waals surface area contributed by atoms with Gasteiger partial charge in [-0.3, -0.25) is 0 Å². The SMILES string of the molecule is C[C@H](c1cc2ccccc2s1)N(O[C@@H]1O[C@H](C(=O)O)[C@@H](O)[C@H](O)[C@H]1O)C(N)=O. The monoisotopic (exact) mass is 412 g/mol. The lowest BCUT2D eigenvalue weighted by atomic mass is 9.99. The fourth-order valence-corrected chi connectivity index (χ4v) is 4.01. The highest BCUT2D eigenvalue weighted by atomic mass is 32.1. The van der Waals surface area contributed by atoms with Gasteiger partial charge in [0.1, 0.15) is 18.3 Å². The van der Waals surface area contributed by atoms with E-state index in [0.717, 1.165) is 20.0 Å². The molecule has 0 spiro atoms. The predicted octanol–water partition coefficient (Wildman–Crippen LogP) is 0.167. The highest BCUT2D eigenvalue weighted by Crippen LogP contribution is 2.34. The molecule has 2 heterocycles. The van der Waals surface area contributed by atoms with Gasteiger partial charge in [-0.15, -0.1) is 11.3 Å². The number of primary amides is 1. The van der Waals surface area contributed by atoms with Gasteiger partial charge in [0.2, 0.25) is 6.29 Å². The van der Waals surface area contributed by atoms with Crippen LogP contribution in [0.5, 0.6) is 0 Å². The van der Waals surface area contributed by atoms with Crippen molar-refractivity contribution >= 4 is 33.4 Å². The number of hydroxylamine groups is 2. The second-order valence-electron chi connectivity index (χ2n) is 6.37. The van der Waals surface area contributed by atoms with Crippen LogP contribution in [0.4, 0.5) is 4.79 Å². The summed E-state index contributed by atoms with van der Waals surface area (Å²) in [7, 11) is 0. The average Bonchev–Trinajstić information content (AvgIpc) is 3.08. The zero-order chi connectivity index (χ0) is 20.6.